The average molecular weight is 426 g/mol. The lowest BCUT2D eigenvalue weighted by Crippen LogP contribution is -2.25. The second-order valence-corrected chi connectivity index (χ2v) is 7.62. The number of hydrogen-bond acceptors (Lipinski definition) is 5. The predicted molar refractivity (Wildman–Crippen MR) is 118 cm³/mol. The van der Waals surface area contributed by atoms with E-state index in [2.05, 4.69) is 10.4 Å². The molecule has 0 atom stereocenters. The maximum Gasteiger partial charge on any atom is 0.411 e. The van der Waals surface area contributed by atoms with Crippen molar-refractivity contribution in [2.75, 3.05) is 39.1 Å². The molecule has 164 valence electrons. The van der Waals surface area contributed by atoms with Crippen molar-refractivity contribution in [1.29, 1.82) is 0 Å². The number of hydrazone groups is 1. The van der Waals surface area contributed by atoms with Gasteiger partial charge in [0.2, 0.25) is 5.91 Å². The largest absolute Gasteiger partial charge is 0.449 e. The second kappa shape index (κ2) is 10.7. The summed E-state index contributed by atoms with van der Waals surface area (Å²) < 4.78 is 18.3. The van der Waals surface area contributed by atoms with Crippen molar-refractivity contribution in [3.63, 3.8) is 0 Å². The van der Waals surface area contributed by atoms with Crippen molar-refractivity contribution in [3.8, 4) is 0 Å². The molecule has 2 amide bonds. The third-order valence-corrected chi connectivity index (χ3v) is 4.78. The highest BCUT2D eigenvalue weighted by Gasteiger charge is 2.21. The minimum absolute atomic E-state index is 0.138. The van der Waals surface area contributed by atoms with Crippen LogP contribution in [0.2, 0.25) is 0 Å². The van der Waals surface area contributed by atoms with Crippen LogP contribution in [0, 0.1) is 5.82 Å². The van der Waals surface area contributed by atoms with E-state index in [0.29, 0.717) is 25.3 Å². The highest BCUT2D eigenvalue weighted by molar-refractivity contribution is 6.02. The molecule has 1 N–H and O–H groups in total. The summed E-state index contributed by atoms with van der Waals surface area (Å²) in [6, 6.07) is 13.2. The van der Waals surface area contributed by atoms with E-state index in [-0.39, 0.29) is 18.1 Å². The highest BCUT2D eigenvalue weighted by atomic mass is 19.1. The van der Waals surface area contributed by atoms with Crippen LogP contribution in [-0.2, 0) is 16.0 Å². The van der Waals surface area contributed by atoms with Gasteiger partial charge in [-0.15, -0.1) is 0 Å². The Morgan fingerprint density at radius 1 is 1.19 bits per heavy atom. The first-order chi connectivity index (χ1) is 14.9. The molecule has 2 aromatic rings. The van der Waals surface area contributed by atoms with Crippen LogP contribution in [0.25, 0.3) is 0 Å². The Morgan fingerprint density at radius 3 is 2.71 bits per heavy atom. The molecule has 0 saturated carbocycles. The molecular formula is C23H27FN4O3. The third kappa shape index (κ3) is 6.89. The molecule has 1 aliphatic heterocycles. The van der Waals surface area contributed by atoms with Gasteiger partial charge in [0.15, 0.2) is 0 Å². The van der Waals surface area contributed by atoms with E-state index >= 15 is 0 Å². The van der Waals surface area contributed by atoms with Crippen molar-refractivity contribution >= 4 is 23.4 Å². The van der Waals surface area contributed by atoms with Gasteiger partial charge < -0.3 is 9.64 Å². The van der Waals surface area contributed by atoms with Crippen LogP contribution >= 0.6 is 0 Å². The minimum atomic E-state index is -0.518. The van der Waals surface area contributed by atoms with Crippen molar-refractivity contribution < 1.29 is 18.7 Å². The number of nitrogens with zero attached hydrogens (tertiary/aromatic N) is 3. The Kier molecular flexibility index (Phi) is 7.72. The van der Waals surface area contributed by atoms with E-state index in [1.165, 1.54) is 17.1 Å². The number of hydrogen-bond donors (Lipinski definition) is 1. The number of nitrogens with one attached hydrogen (secondary N) is 1. The summed E-state index contributed by atoms with van der Waals surface area (Å²) >= 11 is 0. The average Bonchev–Trinajstić information content (AvgIpc) is 3.22. The molecule has 0 saturated heterocycles. The number of ether oxygens (including phenoxy) is 1. The van der Waals surface area contributed by atoms with Crippen LogP contribution in [0.4, 0.5) is 14.9 Å². The topological polar surface area (TPSA) is 74.2 Å². The minimum Gasteiger partial charge on any atom is -0.449 e. The Labute approximate surface area is 181 Å². The number of carbonyl (C=O) groups excluding carboxylic acids is 2. The quantitative estimate of drug-likeness (QED) is 0.656. The van der Waals surface area contributed by atoms with Gasteiger partial charge in [0.05, 0.1) is 25.3 Å². The molecule has 0 spiro atoms. The Morgan fingerprint density at radius 2 is 1.97 bits per heavy atom. The molecule has 3 rings (SSSR count). The predicted octanol–water partition coefficient (Wildman–Crippen LogP) is 3.51. The van der Waals surface area contributed by atoms with Gasteiger partial charge in [-0.25, -0.2) is 14.2 Å². The van der Waals surface area contributed by atoms with Gasteiger partial charge in [0.1, 0.15) is 5.82 Å². The zero-order valence-corrected chi connectivity index (χ0v) is 17.8. The maximum absolute atomic E-state index is 13.1. The lowest BCUT2D eigenvalue weighted by atomic mass is 10.1. The summed E-state index contributed by atoms with van der Waals surface area (Å²) in [6.45, 7) is 1.67. The van der Waals surface area contributed by atoms with E-state index in [9.17, 15) is 14.0 Å². The number of rotatable bonds is 8. The first-order valence-corrected chi connectivity index (χ1v) is 10.2. The van der Waals surface area contributed by atoms with Gasteiger partial charge in [-0.05, 0) is 55.9 Å². The molecule has 1 aliphatic rings. The second-order valence-electron chi connectivity index (χ2n) is 7.62. The lowest BCUT2D eigenvalue weighted by Gasteiger charge is -2.13. The molecule has 2 aromatic carbocycles. The molecule has 0 aliphatic carbocycles. The molecule has 8 heteroatoms. The monoisotopic (exact) mass is 426 g/mol. The van der Waals surface area contributed by atoms with E-state index in [0.717, 1.165) is 29.8 Å². The molecule has 31 heavy (non-hydrogen) atoms. The number of halogens is 1. The molecular weight excluding hydrogens is 399 g/mol. The molecule has 0 bridgehead atoms. The molecule has 0 unspecified atom stereocenters. The van der Waals surface area contributed by atoms with Gasteiger partial charge in [-0.3, -0.25) is 10.1 Å². The first-order valence-electron chi connectivity index (χ1n) is 10.2. The maximum atomic E-state index is 13.1. The van der Waals surface area contributed by atoms with Gasteiger partial charge in [0.25, 0.3) is 0 Å². The summed E-state index contributed by atoms with van der Waals surface area (Å²) in [5.41, 5.74) is 2.91. The van der Waals surface area contributed by atoms with Gasteiger partial charge in [-0.2, -0.15) is 5.10 Å². The van der Waals surface area contributed by atoms with Crippen molar-refractivity contribution in [2.24, 2.45) is 5.10 Å². The van der Waals surface area contributed by atoms with Crippen molar-refractivity contribution in [2.45, 2.75) is 19.3 Å². The van der Waals surface area contributed by atoms with Crippen LogP contribution in [-0.4, -0.2) is 61.4 Å². The highest BCUT2D eigenvalue weighted by Crippen LogP contribution is 2.17. The normalized spacial score (nSPS) is 13.3. The fraction of sp³-hybridized carbons (Fsp3) is 0.348. The van der Waals surface area contributed by atoms with Crippen molar-refractivity contribution in [1.82, 2.24) is 9.91 Å². The standard InChI is InChI=1S/C23H27FN4O3/c1-27(2)12-4-14-31-23(30)25-20-6-3-5-17(15-20)16-22(29)28-13-11-21(26-28)18-7-9-19(24)10-8-18/h3,5-10,15H,4,11-14,16H2,1-2H3,(H,25,30). The fourth-order valence-corrected chi connectivity index (χ4v) is 3.21. The zero-order valence-electron chi connectivity index (χ0n) is 17.8. The van der Waals surface area contributed by atoms with Crippen LogP contribution in [0.1, 0.15) is 24.0 Å². The van der Waals surface area contributed by atoms with E-state index in [4.69, 9.17) is 4.74 Å². The SMILES string of the molecule is CN(C)CCCOC(=O)Nc1cccc(CC(=O)N2CCC(c3ccc(F)cc3)=N2)c1. The molecule has 0 fully saturated rings. The number of benzene rings is 2. The van der Waals surface area contributed by atoms with Crippen LogP contribution in [0.5, 0.6) is 0 Å². The summed E-state index contributed by atoms with van der Waals surface area (Å²) in [7, 11) is 3.92. The zero-order chi connectivity index (χ0) is 22.2. The van der Waals surface area contributed by atoms with Crippen LogP contribution in [0.3, 0.4) is 0 Å². The lowest BCUT2D eigenvalue weighted by molar-refractivity contribution is -0.130. The smallest absolute Gasteiger partial charge is 0.411 e. The summed E-state index contributed by atoms with van der Waals surface area (Å²) in [5, 5.41) is 8.52. The summed E-state index contributed by atoms with van der Waals surface area (Å²) in [6.07, 6.45) is 1.02. The molecule has 7 nitrogen and oxygen atoms in total. The number of carbonyl (C=O) groups is 2. The van der Waals surface area contributed by atoms with E-state index in [1.807, 2.05) is 25.1 Å². The van der Waals surface area contributed by atoms with Gasteiger partial charge in [0, 0.05) is 18.7 Å². The summed E-state index contributed by atoms with van der Waals surface area (Å²) in [4.78, 5) is 26.6. The van der Waals surface area contributed by atoms with Gasteiger partial charge >= 0.3 is 6.09 Å². The van der Waals surface area contributed by atoms with Crippen LogP contribution < -0.4 is 5.32 Å². The summed E-state index contributed by atoms with van der Waals surface area (Å²) in [5.74, 6) is -0.443. The van der Waals surface area contributed by atoms with Crippen LogP contribution in [0.15, 0.2) is 53.6 Å². The first kappa shape index (κ1) is 22.4. The Hall–Kier alpha value is -3.26. The van der Waals surface area contributed by atoms with Crippen molar-refractivity contribution in [3.05, 3.63) is 65.5 Å². The molecule has 0 aromatic heterocycles. The third-order valence-electron chi connectivity index (χ3n) is 4.78. The number of anilines is 1. The Balaban J connectivity index is 1.52. The fourth-order valence-electron chi connectivity index (χ4n) is 3.21. The van der Waals surface area contributed by atoms with E-state index in [1.54, 1.807) is 30.3 Å². The molecule has 1 heterocycles. The van der Waals surface area contributed by atoms with Gasteiger partial charge in [-0.1, -0.05) is 24.3 Å². The Bertz CT molecular complexity index is 944. The van der Waals surface area contributed by atoms with E-state index < -0.39 is 6.09 Å². The number of amides is 2. The molecule has 0 radical (unpaired) electrons.